The summed E-state index contributed by atoms with van der Waals surface area (Å²) in [6.07, 6.45) is 1.24. The van der Waals surface area contributed by atoms with Crippen LogP contribution < -0.4 is 25.0 Å². The van der Waals surface area contributed by atoms with Gasteiger partial charge in [0.15, 0.2) is 18.1 Å². The zero-order valence-corrected chi connectivity index (χ0v) is 22.0. The SMILES string of the molecule is COc1cc(/C=C2\C(=O)NC(=O)N(c3cc(Cl)ccc3C)C2=O)cc(Cl)c1OCC(=O)Nc1ccccc1F. The number of rotatable bonds is 7. The van der Waals surface area contributed by atoms with Gasteiger partial charge in [-0.1, -0.05) is 41.4 Å². The highest BCUT2D eigenvalue weighted by Gasteiger charge is 2.37. The molecule has 0 spiro atoms. The number of aryl methyl sites for hydroxylation is 1. The molecule has 1 saturated heterocycles. The third-order valence-corrected chi connectivity index (χ3v) is 6.09. The number of anilines is 2. The van der Waals surface area contributed by atoms with Gasteiger partial charge in [0.1, 0.15) is 11.4 Å². The van der Waals surface area contributed by atoms with E-state index in [0.29, 0.717) is 10.6 Å². The molecule has 1 aliphatic rings. The molecule has 5 amide bonds. The van der Waals surface area contributed by atoms with Gasteiger partial charge in [0.25, 0.3) is 17.7 Å². The number of hydrogen-bond acceptors (Lipinski definition) is 6. The number of nitrogens with one attached hydrogen (secondary N) is 2. The third-order valence-electron chi connectivity index (χ3n) is 5.57. The summed E-state index contributed by atoms with van der Waals surface area (Å²) < 4.78 is 24.6. The lowest BCUT2D eigenvalue weighted by molar-refractivity contribution is -0.122. The molecule has 2 N–H and O–H groups in total. The first-order chi connectivity index (χ1) is 18.6. The van der Waals surface area contributed by atoms with E-state index >= 15 is 0 Å². The third kappa shape index (κ3) is 6.02. The fourth-order valence-electron chi connectivity index (χ4n) is 3.72. The number of nitrogens with zero attached hydrogens (tertiary/aromatic N) is 1. The number of methoxy groups -OCH3 is 1. The van der Waals surface area contributed by atoms with Gasteiger partial charge in [0, 0.05) is 5.02 Å². The Morgan fingerprint density at radius 3 is 2.56 bits per heavy atom. The zero-order chi connectivity index (χ0) is 28.3. The quantitative estimate of drug-likeness (QED) is 0.300. The maximum Gasteiger partial charge on any atom is 0.335 e. The first-order valence-corrected chi connectivity index (χ1v) is 12.1. The molecule has 0 aliphatic carbocycles. The fourth-order valence-corrected chi connectivity index (χ4v) is 4.16. The molecular weight excluding hydrogens is 552 g/mol. The summed E-state index contributed by atoms with van der Waals surface area (Å²) >= 11 is 12.4. The van der Waals surface area contributed by atoms with Crippen molar-refractivity contribution in [1.82, 2.24) is 5.32 Å². The van der Waals surface area contributed by atoms with Crippen LogP contribution in [0.1, 0.15) is 11.1 Å². The molecule has 0 aromatic heterocycles. The molecule has 1 fully saturated rings. The van der Waals surface area contributed by atoms with Gasteiger partial charge >= 0.3 is 6.03 Å². The average Bonchev–Trinajstić information content (AvgIpc) is 2.89. The van der Waals surface area contributed by atoms with E-state index in [0.717, 1.165) is 4.90 Å². The lowest BCUT2D eigenvalue weighted by Gasteiger charge is -2.27. The van der Waals surface area contributed by atoms with Crippen LogP contribution in [0.2, 0.25) is 10.0 Å². The normalized spacial score (nSPS) is 14.3. The van der Waals surface area contributed by atoms with Gasteiger partial charge in [-0.2, -0.15) is 0 Å². The number of urea groups is 1. The van der Waals surface area contributed by atoms with E-state index in [1.807, 2.05) is 0 Å². The van der Waals surface area contributed by atoms with Crippen LogP contribution in [0.3, 0.4) is 0 Å². The topological polar surface area (TPSA) is 114 Å². The van der Waals surface area contributed by atoms with Gasteiger partial charge in [-0.25, -0.2) is 14.1 Å². The average molecular weight is 572 g/mol. The van der Waals surface area contributed by atoms with Gasteiger partial charge < -0.3 is 14.8 Å². The van der Waals surface area contributed by atoms with Crippen LogP contribution in [0, 0.1) is 12.7 Å². The molecule has 0 saturated carbocycles. The van der Waals surface area contributed by atoms with E-state index in [4.69, 9.17) is 32.7 Å². The van der Waals surface area contributed by atoms with Gasteiger partial charge in [0.05, 0.1) is 23.5 Å². The molecule has 0 unspecified atom stereocenters. The maximum atomic E-state index is 13.8. The molecule has 9 nitrogen and oxygen atoms in total. The van der Waals surface area contributed by atoms with Crippen molar-refractivity contribution in [2.24, 2.45) is 0 Å². The number of ether oxygens (including phenoxy) is 2. The van der Waals surface area contributed by atoms with Crippen molar-refractivity contribution in [3.05, 3.63) is 87.2 Å². The first kappa shape index (κ1) is 27.6. The molecule has 0 radical (unpaired) electrons. The van der Waals surface area contributed by atoms with Crippen LogP contribution in [0.5, 0.6) is 11.5 Å². The predicted molar refractivity (Wildman–Crippen MR) is 144 cm³/mol. The summed E-state index contributed by atoms with van der Waals surface area (Å²) in [5.74, 6) is -2.91. The van der Waals surface area contributed by atoms with Crippen molar-refractivity contribution >= 4 is 64.4 Å². The summed E-state index contributed by atoms with van der Waals surface area (Å²) in [4.78, 5) is 51.4. The van der Waals surface area contributed by atoms with Crippen molar-refractivity contribution < 1.29 is 33.0 Å². The molecule has 3 aromatic rings. The molecule has 3 aromatic carbocycles. The largest absolute Gasteiger partial charge is 0.493 e. The number of benzene rings is 3. The number of carbonyl (C=O) groups excluding carboxylic acids is 4. The number of carbonyl (C=O) groups is 4. The number of barbiturate groups is 1. The van der Waals surface area contributed by atoms with E-state index < -0.39 is 36.2 Å². The highest BCUT2D eigenvalue weighted by molar-refractivity contribution is 6.40. The number of imide groups is 2. The highest BCUT2D eigenvalue weighted by Crippen LogP contribution is 2.37. The lowest BCUT2D eigenvalue weighted by atomic mass is 10.1. The minimum Gasteiger partial charge on any atom is -0.493 e. The van der Waals surface area contributed by atoms with Crippen LogP contribution in [-0.4, -0.2) is 37.5 Å². The Morgan fingerprint density at radius 1 is 1.10 bits per heavy atom. The summed E-state index contributed by atoms with van der Waals surface area (Å²) in [5, 5.41) is 4.83. The second kappa shape index (κ2) is 11.5. The van der Waals surface area contributed by atoms with E-state index in [1.54, 1.807) is 25.1 Å². The van der Waals surface area contributed by atoms with Gasteiger partial charge in [-0.05, 0) is 60.5 Å². The Kier molecular flexibility index (Phi) is 8.18. The van der Waals surface area contributed by atoms with Crippen LogP contribution in [-0.2, 0) is 14.4 Å². The lowest BCUT2D eigenvalue weighted by Crippen LogP contribution is -2.54. The van der Waals surface area contributed by atoms with Crippen LogP contribution in [0.25, 0.3) is 6.08 Å². The van der Waals surface area contributed by atoms with E-state index in [9.17, 15) is 23.6 Å². The smallest absolute Gasteiger partial charge is 0.335 e. The summed E-state index contributed by atoms with van der Waals surface area (Å²) in [5.41, 5.74) is 0.723. The molecule has 39 heavy (non-hydrogen) atoms. The van der Waals surface area contributed by atoms with Crippen LogP contribution >= 0.6 is 23.2 Å². The van der Waals surface area contributed by atoms with E-state index in [2.05, 4.69) is 10.6 Å². The van der Waals surface area contributed by atoms with Crippen molar-refractivity contribution in [3.63, 3.8) is 0 Å². The second-order valence-corrected chi connectivity index (χ2v) is 9.08. The van der Waals surface area contributed by atoms with Crippen molar-refractivity contribution in [1.29, 1.82) is 0 Å². The maximum absolute atomic E-state index is 13.8. The fraction of sp³-hybridized carbons (Fsp3) is 0.111. The summed E-state index contributed by atoms with van der Waals surface area (Å²) in [6, 6.07) is 12.2. The number of hydrogen-bond donors (Lipinski definition) is 2. The van der Waals surface area contributed by atoms with Crippen molar-refractivity contribution in [2.75, 3.05) is 23.9 Å². The molecule has 0 atom stereocenters. The minimum atomic E-state index is -0.916. The highest BCUT2D eigenvalue weighted by atomic mass is 35.5. The number of halogens is 3. The molecule has 0 bridgehead atoms. The molecule has 1 heterocycles. The van der Waals surface area contributed by atoms with Gasteiger partial charge in [0.2, 0.25) is 0 Å². The minimum absolute atomic E-state index is 0.00202. The summed E-state index contributed by atoms with van der Waals surface area (Å²) in [7, 11) is 1.33. The second-order valence-electron chi connectivity index (χ2n) is 8.24. The van der Waals surface area contributed by atoms with Crippen LogP contribution in [0.15, 0.2) is 60.2 Å². The van der Waals surface area contributed by atoms with Gasteiger partial charge in [-0.15, -0.1) is 0 Å². The van der Waals surface area contributed by atoms with E-state index in [-0.39, 0.29) is 39.0 Å². The van der Waals surface area contributed by atoms with E-state index in [1.165, 1.54) is 49.6 Å². The monoisotopic (exact) mass is 571 g/mol. The number of amides is 5. The van der Waals surface area contributed by atoms with Crippen molar-refractivity contribution in [2.45, 2.75) is 6.92 Å². The Morgan fingerprint density at radius 2 is 1.85 bits per heavy atom. The standard InChI is InChI=1S/C27H20Cl2FN3O6/c1-14-7-8-16(28)12-21(14)33-26(36)17(25(35)32-27(33)37)9-15-10-18(29)24(22(11-15)38-2)39-13-23(34)31-20-6-4-3-5-19(20)30/h3-12H,13H2,1-2H3,(H,31,34)(H,32,35,37)/b17-9+. The molecule has 200 valence electrons. The zero-order valence-electron chi connectivity index (χ0n) is 20.5. The summed E-state index contributed by atoms with van der Waals surface area (Å²) in [6.45, 7) is 1.17. The van der Waals surface area contributed by atoms with Gasteiger partial charge in [-0.3, -0.25) is 19.7 Å². The molecule has 4 rings (SSSR count). The Hall–Kier alpha value is -4.41. The molecule has 1 aliphatic heterocycles. The van der Waals surface area contributed by atoms with Crippen LogP contribution in [0.4, 0.5) is 20.6 Å². The first-order valence-electron chi connectivity index (χ1n) is 11.3. The van der Waals surface area contributed by atoms with Crippen molar-refractivity contribution in [3.8, 4) is 11.5 Å². The number of para-hydroxylation sites is 1. The predicted octanol–water partition coefficient (Wildman–Crippen LogP) is 5.13. The molecular formula is C27H20Cl2FN3O6. The molecule has 12 heteroatoms. The Balaban J connectivity index is 1.58. The Bertz CT molecular complexity index is 1540. The Labute approximate surface area is 232 Å².